The SMILES string of the molecule is CCC(Oc1ccccc1C(C)CC)C(=O)Nc1cccc(C(=O)O)c1. The highest BCUT2D eigenvalue weighted by atomic mass is 16.5. The first-order valence-corrected chi connectivity index (χ1v) is 8.86. The van der Waals surface area contributed by atoms with Crippen molar-refractivity contribution in [3.05, 3.63) is 59.7 Å². The molecule has 0 heterocycles. The average Bonchev–Trinajstić information content (AvgIpc) is 2.65. The number of nitrogens with one attached hydrogen (secondary N) is 1. The fourth-order valence-electron chi connectivity index (χ4n) is 2.64. The van der Waals surface area contributed by atoms with Crippen molar-refractivity contribution in [1.29, 1.82) is 0 Å². The molecular weight excluding hydrogens is 330 g/mol. The minimum atomic E-state index is -1.04. The van der Waals surface area contributed by atoms with Crippen LogP contribution in [-0.2, 0) is 4.79 Å². The van der Waals surface area contributed by atoms with Crippen LogP contribution in [0.5, 0.6) is 5.75 Å². The summed E-state index contributed by atoms with van der Waals surface area (Å²) in [6.07, 6.45) is 0.818. The van der Waals surface area contributed by atoms with Gasteiger partial charge in [-0.05, 0) is 48.6 Å². The van der Waals surface area contributed by atoms with Gasteiger partial charge in [-0.15, -0.1) is 0 Å². The van der Waals surface area contributed by atoms with E-state index in [2.05, 4.69) is 19.2 Å². The van der Waals surface area contributed by atoms with Crippen molar-refractivity contribution >= 4 is 17.6 Å². The number of carbonyl (C=O) groups excluding carboxylic acids is 1. The Labute approximate surface area is 154 Å². The Hall–Kier alpha value is -2.82. The van der Waals surface area contributed by atoms with Crippen LogP contribution in [0, 0.1) is 0 Å². The molecule has 2 aromatic rings. The Morgan fingerprint density at radius 2 is 1.81 bits per heavy atom. The van der Waals surface area contributed by atoms with Crippen LogP contribution < -0.4 is 10.1 Å². The molecule has 5 heteroatoms. The lowest BCUT2D eigenvalue weighted by molar-refractivity contribution is -0.122. The lowest BCUT2D eigenvalue weighted by atomic mass is 9.98. The molecule has 2 atom stereocenters. The maximum Gasteiger partial charge on any atom is 0.335 e. The van der Waals surface area contributed by atoms with E-state index in [9.17, 15) is 9.59 Å². The number of para-hydroxylation sites is 1. The highest BCUT2D eigenvalue weighted by Gasteiger charge is 2.21. The summed E-state index contributed by atoms with van der Waals surface area (Å²) in [5.74, 6) is -0.289. The number of carboxylic acid groups (broad SMARTS) is 1. The number of rotatable bonds is 8. The van der Waals surface area contributed by atoms with E-state index >= 15 is 0 Å². The Morgan fingerprint density at radius 3 is 2.46 bits per heavy atom. The molecule has 2 rings (SSSR count). The molecule has 2 aromatic carbocycles. The molecular formula is C21H25NO4. The fourth-order valence-corrected chi connectivity index (χ4v) is 2.64. The monoisotopic (exact) mass is 355 g/mol. The summed E-state index contributed by atoms with van der Waals surface area (Å²) in [6, 6.07) is 13.9. The largest absolute Gasteiger partial charge is 0.480 e. The van der Waals surface area contributed by atoms with E-state index in [0.29, 0.717) is 23.8 Å². The Morgan fingerprint density at radius 1 is 1.08 bits per heavy atom. The summed E-state index contributed by atoms with van der Waals surface area (Å²) in [4.78, 5) is 23.7. The van der Waals surface area contributed by atoms with Gasteiger partial charge in [0.25, 0.3) is 5.91 Å². The van der Waals surface area contributed by atoms with Crippen molar-refractivity contribution in [2.45, 2.75) is 45.6 Å². The van der Waals surface area contributed by atoms with Gasteiger partial charge in [-0.3, -0.25) is 4.79 Å². The third-order valence-electron chi connectivity index (χ3n) is 4.37. The molecule has 0 fully saturated rings. The predicted molar refractivity (Wildman–Crippen MR) is 102 cm³/mol. The second kappa shape index (κ2) is 9.04. The predicted octanol–water partition coefficient (Wildman–Crippen LogP) is 4.69. The van der Waals surface area contributed by atoms with Crippen LogP contribution in [-0.4, -0.2) is 23.1 Å². The number of carbonyl (C=O) groups is 2. The average molecular weight is 355 g/mol. The zero-order valence-corrected chi connectivity index (χ0v) is 15.4. The van der Waals surface area contributed by atoms with E-state index in [1.807, 2.05) is 31.2 Å². The van der Waals surface area contributed by atoms with Gasteiger partial charge in [-0.25, -0.2) is 4.79 Å². The minimum Gasteiger partial charge on any atom is -0.480 e. The molecule has 0 saturated carbocycles. The van der Waals surface area contributed by atoms with E-state index < -0.39 is 12.1 Å². The van der Waals surface area contributed by atoms with Crippen LogP contribution in [0.15, 0.2) is 48.5 Å². The fraction of sp³-hybridized carbons (Fsp3) is 0.333. The summed E-state index contributed by atoms with van der Waals surface area (Å²) >= 11 is 0. The highest BCUT2D eigenvalue weighted by Crippen LogP contribution is 2.29. The van der Waals surface area contributed by atoms with Gasteiger partial charge in [-0.2, -0.15) is 0 Å². The standard InChI is InChI=1S/C21H25NO4/c1-4-14(3)17-11-6-7-12-19(17)26-18(5-2)20(23)22-16-10-8-9-15(13-16)21(24)25/h6-14,18H,4-5H2,1-3H3,(H,22,23)(H,24,25). The number of ether oxygens (including phenoxy) is 1. The number of hydrogen-bond donors (Lipinski definition) is 2. The molecule has 2 N–H and O–H groups in total. The van der Waals surface area contributed by atoms with E-state index in [-0.39, 0.29) is 11.5 Å². The smallest absolute Gasteiger partial charge is 0.335 e. The topological polar surface area (TPSA) is 75.6 Å². The Balaban J connectivity index is 2.15. The van der Waals surface area contributed by atoms with Crippen molar-refractivity contribution in [2.75, 3.05) is 5.32 Å². The van der Waals surface area contributed by atoms with E-state index in [4.69, 9.17) is 9.84 Å². The van der Waals surface area contributed by atoms with Crippen molar-refractivity contribution in [3.63, 3.8) is 0 Å². The molecule has 5 nitrogen and oxygen atoms in total. The van der Waals surface area contributed by atoms with Crippen molar-refractivity contribution in [1.82, 2.24) is 0 Å². The van der Waals surface area contributed by atoms with E-state index in [1.54, 1.807) is 12.1 Å². The zero-order valence-electron chi connectivity index (χ0n) is 15.4. The van der Waals surface area contributed by atoms with Gasteiger partial charge in [-0.1, -0.05) is 45.0 Å². The van der Waals surface area contributed by atoms with Gasteiger partial charge in [0.2, 0.25) is 0 Å². The van der Waals surface area contributed by atoms with Gasteiger partial charge in [0.05, 0.1) is 5.56 Å². The number of amides is 1. The highest BCUT2D eigenvalue weighted by molar-refractivity contribution is 5.96. The quantitative estimate of drug-likeness (QED) is 0.720. The number of hydrogen-bond acceptors (Lipinski definition) is 3. The van der Waals surface area contributed by atoms with Gasteiger partial charge >= 0.3 is 5.97 Å². The molecule has 1 amide bonds. The van der Waals surface area contributed by atoms with Crippen molar-refractivity contribution < 1.29 is 19.4 Å². The molecule has 0 aromatic heterocycles. The molecule has 0 spiro atoms. The maximum atomic E-state index is 12.6. The van der Waals surface area contributed by atoms with Crippen molar-refractivity contribution in [3.8, 4) is 5.75 Å². The number of benzene rings is 2. The third kappa shape index (κ3) is 4.85. The number of aromatic carboxylic acids is 1. The third-order valence-corrected chi connectivity index (χ3v) is 4.37. The molecule has 0 radical (unpaired) electrons. The zero-order chi connectivity index (χ0) is 19.1. The summed E-state index contributed by atoms with van der Waals surface area (Å²) in [7, 11) is 0. The normalized spacial score (nSPS) is 12.9. The van der Waals surface area contributed by atoms with Crippen LogP contribution in [0.4, 0.5) is 5.69 Å². The summed E-state index contributed by atoms with van der Waals surface area (Å²) in [5, 5.41) is 11.8. The molecule has 138 valence electrons. The summed E-state index contributed by atoms with van der Waals surface area (Å²) < 4.78 is 6.00. The summed E-state index contributed by atoms with van der Waals surface area (Å²) in [6.45, 7) is 6.12. The van der Waals surface area contributed by atoms with Gasteiger partial charge in [0.15, 0.2) is 6.10 Å². The first-order chi connectivity index (χ1) is 12.5. The molecule has 26 heavy (non-hydrogen) atoms. The van der Waals surface area contributed by atoms with Gasteiger partial charge in [0.1, 0.15) is 5.75 Å². The lowest BCUT2D eigenvalue weighted by Crippen LogP contribution is -2.32. The minimum absolute atomic E-state index is 0.124. The lowest BCUT2D eigenvalue weighted by Gasteiger charge is -2.21. The first kappa shape index (κ1) is 19.5. The van der Waals surface area contributed by atoms with E-state index in [1.165, 1.54) is 12.1 Å². The van der Waals surface area contributed by atoms with Crippen LogP contribution in [0.1, 0.15) is 55.5 Å². The second-order valence-electron chi connectivity index (χ2n) is 6.24. The first-order valence-electron chi connectivity index (χ1n) is 8.86. The number of carboxylic acids is 1. The van der Waals surface area contributed by atoms with E-state index in [0.717, 1.165) is 12.0 Å². The van der Waals surface area contributed by atoms with Crippen LogP contribution in [0.25, 0.3) is 0 Å². The number of anilines is 1. The Bertz CT molecular complexity index is 772. The second-order valence-corrected chi connectivity index (χ2v) is 6.24. The van der Waals surface area contributed by atoms with Crippen molar-refractivity contribution in [2.24, 2.45) is 0 Å². The molecule has 2 unspecified atom stereocenters. The molecule has 0 bridgehead atoms. The van der Waals surface area contributed by atoms with Crippen LogP contribution in [0.3, 0.4) is 0 Å². The van der Waals surface area contributed by atoms with Crippen LogP contribution in [0.2, 0.25) is 0 Å². The molecule has 0 saturated heterocycles. The maximum absolute atomic E-state index is 12.6. The van der Waals surface area contributed by atoms with Gasteiger partial charge in [0, 0.05) is 5.69 Å². The molecule has 0 aliphatic carbocycles. The Kier molecular flexibility index (Phi) is 6.78. The summed E-state index contributed by atoms with van der Waals surface area (Å²) in [5.41, 5.74) is 1.64. The van der Waals surface area contributed by atoms with Gasteiger partial charge < -0.3 is 15.2 Å². The molecule has 0 aliphatic rings. The molecule has 0 aliphatic heterocycles. The van der Waals surface area contributed by atoms with Crippen LogP contribution >= 0.6 is 0 Å².